The van der Waals surface area contributed by atoms with Gasteiger partial charge in [-0.05, 0) is 34.6 Å². The minimum atomic E-state index is -0.643. The third-order valence-electron chi connectivity index (χ3n) is 6.31. The van der Waals surface area contributed by atoms with E-state index >= 15 is 0 Å². The van der Waals surface area contributed by atoms with E-state index in [9.17, 15) is 9.59 Å². The number of ether oxygens (including phenoxy) is 1. The molecule has 0 saturated heterocycles. The highest BCUT2D eigenvalue weighted by Gasteiger charge is 2.32. The van der Waals surface area contributed by atoms with Gasteiger partial charge >= 0.3 is 6.09 Å². The number of amides is 2. The first kappa shape index (κ1) is 20.4. The zero-order chi connectivity index (χ0) is 21.1. The predicted molar refractivity (Wildman–Crippen MR) is 114 cm³/mol. The van der Waals surface area contributed by atoms with Crippen molar-refractivity contribution in [1.29, 1.82) is 0 Å². The molecule has 0 aromatic heterocycles. The average Bonchev–Trinajstić information content (AvgIpc) is 3.06. The van der Waals surface area contributed by atoms with Crippen molar-refractivity contribution in [2.24, 2.45) is 5.92 Å². The smallest absolute Gasteiger partial charge is 0.407 e. The molecule has 2 amide bonds. The lowest BCUT2D eigenvalue weighted by Crippen LogP contribution is -2.48. The first-order valence-electron chi connectivity index (χ1n) is 10.5. The molecule has 0 heterocycles. The molecule has 30 heavy (non-hydrogen) atoms. The molecule has 0 aliphatic heterocycles. The average molecular weight is 408 g/mol. The van der Waals surface area contributed by atoms with Crippen LogP contribution >= 0.6 is 0 Å². The lowest BCUT2D eigenvalue weighted by molar-refractivity contribution is -0.171. The topological polar surface area (TPSA) is 67.9 Å². The fourth-order valence-corrected chi connectivity index (χ4v) is 4.38. The molecule has 4 rings (SSSR count). The molecule has 2 aromatic rings. The Morgan fingerprint density at radius 1 is 1.07 bits per heavy atom. The van der Waals surface area contributed by atoms with Gasteiger partial charge in [0.2, 0.25) is 0 Å². The lowest BCUT2D eigenvalue weighted by Gasteiger charge is -2.30. The number of nitrogens with zero attached hydrogens (tertiary/aromatic N) is 1. The summed E-state index contributed by atoms with van der Waals surface area (Å²) in [7, 11) is 2.99. The second-order valence-corrected chi connectivity index (χ2v) is 8.07. The van der Waals surface area contributed by atoms with E-state index < -0.39 is 12.1 Å². The summed E-state index contributed by atoms with van der Waals surface area (Å²) in [5, 5.41) is 3.93. The maximum Gasteiger partial charge on any atom is 0.407 e. The van der Waals surface area contributed by atoms with E-state index in [4.69, 9.17) is 9.57 Å². The van der Waals surface area contributed by atoms with Gasteiger partial charge in [0, 0.05) is 13.0 Å². The van der Waals surface area contributed by atoms with Crippen molar-refractivity contribution in [3.8, 4) is 11.1 Å². The minimum Gasteiger partial charge on any atom is -0.449 e. The van der Waals surface area contributed by atoms with Gasteiger partial charge in [-0.2, -0.15) is 0 Å². The highest BCUT2D eigenvalue weighted by Crippen LogP contribution is 2.44. The van der Waals surface area contributed by atoms with Crippen LogP contribution in [0.3, 0.4) is 0 Å². The fourth-order valence-electron chi connectivity index (χ4n) is 4.38. The van der Waals surface area contributed by atoms with E-state index in [1.54, 1.807) is 7.05 Å². The quantitative estimate of drug-likeness (QED) is 0.701. The van der Waals surface area contributed by atoms with E-state index in [2.05, 4.69) is 29.6 Å². The molecule has 2 aliphatic carbocycles. The molecular weight excluding hydrogens is 380 g/mol. The van der Waals surface area contributed by atoms with Crippen molar-refractivity contribution in [2.45, 2.75) is 37.6 Å². The van der Waals surface area contributed by atoms with Crippen molar-refractivity contribution in [3.63, 3.8) is 0 Å². The van der Waals surface area contributed by atoms with Gasteiger partial charge in [0.1, 0.15) is 12.6 Å². The molecule has 1 N–H and O–H groups in total. The number of carbonyl (C=O) groups excluding carboxylic acids is 2. The van der Waals surface area contributed by atoms with Crippen LogP contribution in [0.1, 0.15) is 42.7 Å². The number of benzene rings is 2. The third kappa shape index (κ3) is 4.05. The Morgan fingerprint density at radius 3 is 2.20 bits per heavy atom. The number of rotatable bonds is 7. The first-order valence-corrected chi connectivity index (χ1v) is 10.5. The zero-order valence-electron chi connectivity index (χ0n) is 17.5. The van der Waals surface area contributed by atoms with Crippen molar-refractivity contribution in [2.75, 3.05) is 20.8 Å². The number of hydrogen-bond acceptors (Lipinski definition) is 4. The van der Waals surface area contributed by atoms with E-state index in [1.165, 1.54) is 24.7 Å². The van der Waals surface area contributed by atoms with E-state index in [1.807, 2.05) is 24.3 Å². The monoisotopic (exact) mass is 408 g/mol. The zero-order valence-corrected chi connectivity index (χ0v) is 17.5. The van der Waals surface area contributed by atoms with Crippen LogP contribution in [-0.2, 0) is 14.4 Å². The maximum absolute atomic E-state index is 12.6. The van der Waals surface area contributed by atoms with Gasteiger partial charge in [-0.1, -0.05) is 67.8 Å². The Kier molecular flexibility index (Phi) is 6.04. The summed E-state index contributed by atoms with van der Waals surface area (Å²) < 4.78 is 5.61. The lowest BCUT2D eigenvalue weighted by atomic mass is 9.80. The Hall–Kier alpha value is -2.86. The summed E-state index contributed by atoms with van der Waals surface area (Å²) >= 11 is 0. The van der Waals surface area contributed by atoms with Gasteiger partial charge in [0.05, 0.1) is 7.11 Å². The number of nitrogens with one attached hydrogen (secondary N) is 1. The number of likely N-dealkylation sites (N-methyl/N-ethyl adjacent to an activating group) is 1. The summed E-state index contributed by atoms with van der Waals surface area (Å²) in [5.41, 5.74) is 4.68. The van der Waals surface area contributed by atoms with Crippen LogP contribution in [0.15, 0.2) is 48.5 Å². The Bertz CT molecular complexity index is 879. The van der Waals surface area contributed by atoms with Crippen LogP contribution in [0.2, 0.25) is 0 Å². The molecule has 0 spiro atoms. The number of hydrogen-bond donors (Lipinski definition) is 1. The SMILES string of the molecule is CON(C)C(=O)C(CC1CCC1)NC(=O)OCC1c2ccccc2-c2ccccc21. The van der Waals surface area contributed by atoms with E-state index in [0.717, 1.165) is 29.0 Å². The van der Waals surface area contributed by atoms with Gasteiger partial charge < -0.3 is 10.1 Å². The molecule has 1 saturated carbocycles. The highest BCUT2D eigenvalue weighted by atomic mass is 16.7. The fraction of sp³-hybridized carbons (Fsp3) is 0.417. The van der Waals surface area contributed by atoms with Crippen molar-refractivity contribution in [3.05, 3.63) is 59.7 Å². The molecule has 2 aliphatic rings. The summed E-state index contributed by atoms with van der Waals surface area (Å²) in [6.07, 6.45) is 3.40. The molecule has 1 atom stereocenters. The Labute approximate surface area is 177 Å². The number of carbonyl (C=O) groups is 2. The molecule has 1 unspecified atom stereocenters. The van der Waals surface area contributed by atoms with Crippen molar-refractivity contribution in [1.82, 2.24) is 10.4 Å². The molecule has 0 bridgehead atoms. The van der Waals surface area contributed by atoms with Crippen LogP contribution in [0.4, 0.5) is 4.79 Å². The van der Waals surface area contributed by atoms with Crippen LogP contribution < -0.4 is 5.32 Å². The maximum atomic E-state index is 12.6. The van der Waals surface area contributed by atoms with E-state index in [0.29, 0.717) is 12.3 Å². The standard InChI is InChI=1S/C24H28N2O4/c1-26(29-2)23(27)22(14-16-8-7-9-16)25-24(28)30-15-21-19-12-5-3-10-17(19)18-11-4-6-13-20(18)21/h3-6,10-13,16,21-22H,7-9,14-15H2,1-2H3,(H,25,28). The summed E-state index contributed by atoms with van der Waals surface area (Å²) in [5.74, 6) is 0.182. The van der Waals surface area contributed by atoms with E-state index in [-0.39, 0.29) is 18.4 Å². The van der Waals surface area contributed by atoms with Gasteiger partial charge in [0.15, 0.2) is 0 Å². The summed E-state index contributed by atoms with van der Waals surface area (Å²) in [4.78, 5) is 30.2. The minimum absolute atomic E-state index is 0.00872. The van der Waals surface area contributed by atoms with Crippen molar-refractivity contribution >= 4 is 12.0 Å². The van der Waals surface area contributed by atoms with Gasteiger partial charge in [-0.3, -0.25) is 9.63 Å². The third-order valence-corrected chi connectivity index (χ3v) is 6.31. The number of alkyl carbamates (subject to hydrolysis) is 1. The van der Waals surface area contributed by atoms with Crippen LogP contribution in [0, 0.1) is 5.92 Å². The van der Waals surface area contributed by atoms with Crippen molar-refractivity contribution < 1.29 is 19.2 Å². The largest absolute Gasteiger partial charge is 0.449 e. The van der Waals surface area contributed by atoms with Gasteiger partial charge in [-0.15, -0.1) is 0 Å². The Balaban J connectivity index is 1.43. The number of fused-ring (bicyclic) bond motifs is 3. The molecule has 6 heteroatoms. The van der Waals surface area contributed by atoms with Crippen LogP contribution in [0.25, 0.3) is 11.1 Å². The molecule has 0 radical (unpaired) electrons. The molecular formula is C24H28N2O4. The predicted octanol–water partition coefficient (Wildman–Crippen LogP) is 4.10. The summed E-state index contributed by atoms with van der Waals surface area (Å²) in [6.45, 7) is 0.227. The normalized spacial score (nSPS) is 16.2. The second kappa shape index (κ2) is 8.88. The van der Waals surface area contributed by atoms with Gasteiger partial charge in [-0.25, -0.2) is 9.86 Å². The molecule has 6 nitrogen and oxygen atoms in total. The highest BCUT2D eigenvalue weighted by molar-refractivity contribution is 5.85. The molecule has 1 fully saturated rings. The Morgan fingerprint density at radius 2 is 1.67 bits per heavy atom. The second-order valence-electron chi connectivity index (χ2n) is 8.07. The summed E-state index contributed by atoms with van der Waals surface area (Å²) in [6, 6.07) is 15.8. The number of hydroxylamine groups is 2. The molecule has 158 valence electrons. The molecule has 2 aromatic carbocycles. The first-order chi connectivity index (χ1) is 14.6. The van der Waals surface area contributed by atoms with Crippen LogP contribution in [0.5, 0.6) is 0 Å². The van der Waals surface area contributed by atoms with Gasteiger partial charge in [0.25, 0.3) is 5.91 Å². The van der Waals surface area contributed by atoms with Crippen LogP contribution in [-0.4, -0.2) is 43.9 Å².